The lowest BCUT2D eigenvalue weighted by Crippen LogP contribution is -2.57. The molecule has 3 N–H and O–H groups in total. The SMILES string of the molecule is CC(C)(C)OC(O)N1CC(CNC(=O)c2nnc(CCCCn3cc(C(=O)NCc4cccc(OC(F)(F)F)c4)nn3)s2)C1. The Hall–Kier alpha value is -3.67. The van der Waals surface area contributed by atoms with Gasteiger partial charge in [-0.15, -0.1) is 28.5 Å². The molecule has 1 fully saturated rings. The molecule has 3 aromatic rings. The fraction of sp³-hybridized carbons (Fsp3) is 0.556. The molecule has 0 bridgehead atoms. The van der Waals surface area contributed by atoms with Gasteiger partial charge in [0.1, 0.15) is 10.8 Å². The van der Waals surface area contributed by atoms with Crippen molar-refractivity contribution in [2.24, 2.45) is 5.92 Å². The molecule has 13 nitrogen and oxygen atoms in total. The Morgan fingerprint density at radius 1 is 1.11 bits per heavy atom. The molecule has 1 aliphatic rings. The number of hydrogen-bond acceptors (Lipinski definition) is 11. The minimum atomic E-state index is -4.80. The lowest BCUT2D eigenvalue weighted by Gasteiger charge is -2.43. The Kier molecular flexibility index (Phi) is 10.9. The summed E-state index contributed by atoms with van der Waals surface area (Å²) >= 11 is 1.24. The van der Waals surface area contributed by atoms with E-state index < -0.39 is 24.3 Å². The van der Waals surface area contributed by atoms with Crippen LogP contribution in [0, 0.1) is 5.92 Å². The molecule has 0 radical (unpaired) electrons. The van der Waals surface area contributed by atoms with Crippen LogP contribution in [0.1, 0.15) is 64.5 Å². The monoisotopic (exact) mass is 640 g/mol. The number of amides is 2. The van der Waals surface area contributed by atoms with Crippen molar-refractivity contribution in [3.8, 4) is 5.75 Å². The van der Waals surface area contributed by atoms with Crippen LogP contribution in [-0.4, -0.2) is 85.0 Å². The predicted molar refractivity (Wildman–Crippen MR) is 151 cm³/mol. The fourth-order valence-electron chi connectivity index (χ4n) is 4.26. The van der Waals surface area contributed by atoms with E-state index in [1.165, 1.54) is 40.4 Å². The first-order chi connectivity index (χ1) is 20.7. The van der Waals surface area contributed by atoms with Gasteiger partial charge in [-0.3, -0.25) is 19.2 Å². The van der Waals surface area contributed by atoms with Crippen LogP contribution in [0.15, 0.2) is 30.5 Å². The van der Waals surface area contributed by atoms with Crippen LogP contribution in [0.5, 0.6) is 5.75 Å². The quantitative estimate of drug-likeness (QED) is 0.177. The van der Waals surface area contributed by atoms with E-state index in [2.05, 4.69) is 35.9 Å². The van der Waals surface area contributed by atoms with Crippen molar-refractivity contribution in [2.75, 3.05) is 19.6 Å². The third-order valence-electron chi connectivity index (χ3n) is 6.35. The van der Waals surface area contributed by atoms with Gasteiger partial charge in [-0.2, -0.15) is 0 Å². The molecule has 0 saturated carbocycles. The summed E-state index contributed by atoms with van der Waals surface area (Å²) in [7, 11) is 0. The number of aliphatic hydroxyl groups is 1. The maximum absolute atomic E-state index is 12.5. The van der Waals surface area contributed by atoms with Gasteiger partial charge in [0, 0.05) is 45.1 Å². The first-order valence-corrected chi connectivity index (χ1v) is 14.8. The lowest BCUT2D eigenvalue weighted by molar-refractivity contribution is -0.274. The number of nitrogens with one attached hydrogen (secondary N) is 2. The highest BCUT2D eigenvalue weighted by Crippen LogP contribution is 2.24. The molecule has 1 saturated heterocycles. The number of carbonyl (C=O) groups is 2. The van der Waals surface area contributed by atoms with E-state index in [4.69, 9.17) is 4.74 Å². The summed E-state index contributed by atoms with van der Waals surface area (Å²) in [6, 6.07) is 5.33. The molecular formula is C27H35F3N8O5S. The lowest BCUT2D eigenvalue weighted by atomic mass is 10.0. The number of rotatable bonds is 14. The first-order valence-electron chi connectivity index (χ1n) is 14.0. The molecular weight excluding hydrogens is 605 g/mol. The number of hydrogen-bond donors (Lipinski definition) is 3. The van der Waals surface area contributed by atoms with E-state index in [9.17, 15) is 27.9 Å². The average molecular weight is 641 g/mol. The summed E-state index contributed by atoms with van der Waals surface area (Å²) in [5, 5.41) is 32.5. The van der Waals surface area contributed by atoms with Gasteiger partial charge in [-0.05, 0) is 51.3 Å². The molecule has 0 spiro atoms. The summed E-state index contributed by atoms with van der Waals surface area (Å²) in [4.78, 5) is 26.7. The second kappa shape index (κ2) is 14.4. The fourth-order valence-corrected chi connectivity index (χ4v) is 5.05. The summed E-state index contributed by atoms with van der Waals surface area (Å²) in [6.45, 7) is 7.81. The molecule has 240 valence electrons. The van der Waals surface area contributed by atoms with Crippen LogP contribution in [0.2, 0.25) is 0 Å². The van der Waals surface area contributed by atoms with Crippen molar-refractivity contribution in [2.45, 2.75) is 71.5 Å². The van der Waals surface area contributed by atoms with Gasteiger partial charge in [0.2, 0.25) is 11.4 Å². The summed E-state index contributed by atoms with van der Waals surface area (Å²) in [5.41, 5.74) is 0.0585. The molecule has 17 heteroatoms. The summed E-state index contributed by atoms with van der Waals surface area (Å²) < 4.78 is 48.2. The van der Waals surface area contributed by atoms with E-state index in [1.54, 1.807) is 11.0 Å². The molecule has 2 aromatic heterocycles. The van der Waals surface area contributed by atoms with Crippen molar-refractivity contribution in [1.82, 2.24) is 40.7 Å². The van der Waals surface area contributed by atoms with Gasteiger partial charge in [0.15, 0.2) is 5.69 Å². The number of aryl methyl sites for hydroxylation is 2. The number of aromatic nitrogens is 5. The van der Waals surface area contributed by atoms with E-state index in [-0.39, 0.29) is 29.8 Å². The Balaban J connectivity index is 1.11. The number of aliphatic hydroxyl groups excluding tert-OH is 1. The van der Waals surface area contributed by atoms with Gasteiger partial charge in [-0.25, -0.2) is 0 Å². The van der Waals surface area contributed by atoms with E-state index in [1.807, 2.05) is 20.8 Å². The molecule has 1 atom stereocenters. The Labute approximate surface area is 255 Å². The number of alkyl halides is 3. The van der Waals surface area contributed by atoms with Gasteiger partial charge in [0.05, 0.1) is 11.8 Å². The first kappa shape index (κ1) is 33.2. The van der Waals surface area contributed by atoms with Gasteiger partial charge in [0.25, 0.3) is 11.8 Å². The highest BCUT2D eigenvalue weighted by atomic mass is 32.1. The minimum Gasteiger partial charge on any atom is -0.406 e. The number of ether oxygens (including phenoxy) is 2. The molecule has 0 aliphatic carbocycles. The van der Waals surface area contributed by atoms with Gasteiger partial charge < -0.3 is 25.2 Å². The minimum absolute atomic E-state index is 0.0149. The second-order valence-electron chi connectivity index (χ2n) is 11.3. The number of unbranched alkanes of at least 4 members (excludes halogenated alkanes) is 1. The summed E-state index contributed by atoms with van der Waals surface area (Å²) in [5.74, 6) is -0.953. The van der Waals surface area contributed by atoms with Crippen LogP contribution in [0.25, 0.3) is 0 Å². The van der Waals surface area contributed by atoms with Crippen molar-refractivity contribution in [1.29, 1.82) is 0 Å². The number of likely N-dealkylation sites (tertiary alicyclic amines) is 1. The Morgan fingerprint density at radius 2 is 1.89 bits per heavy atom. The molecule has 1 aliphatic heterocycles. The maximum atomic E-state index is 12.5. The van der Waals surface area contributed by atoms with Crippen molar-refractivity contribution in [3.63, 3.8) is 0 Å². The van der Waals surface area contributed by atoms with E-state index in [0.717, 1.165) is 11.4 Å². The third-order valence-corrected chi connectivity index (χ3v) is 7.34. The number of benzene rings is 1. The van der Waals surface area contributed by atoms with Crippen molar-refractivity contribution in [3.05, 3.63) is 51.7 Å². The second-order valence-corrected chi connectivity index (χ2v) is 12.4. The number of halogens is 3. The Bertz CT molecular complexity index is 1400. The zero-order valence-electron chi connectivity index (χ0n) is 24.5. The highest BCUT2D eigenvalue weighted by Gasteiger charge is 2.34. The van der Waals surface area contributed by atoms with Crippen LogP contribution >= 0.6 is 11.3 Å². The van der Waals surface area contributed by atoms with E-state index in [0.29, 0.717) is 49.6 Å². The Morgan fingerprint density at radius 3 is 2.61 bits per heavy atom. The van der Waals surface area contributed by atoms with Gasteiger partial charge in [-0.1, -0.05) is 28.7 Å². The number of carbonyl (C=O) groups excluding carboxylic acids is 2. The third kappa shape index (κ3) is 10.5. The highest BCUT2D eigenvalue weighted by molar-refractivity contribution is 7.13. The normalized spacial score (nSPS) is 15.1. The predicted octanol–water partition coefficient (Wildman–Crippen LogP) is 2.73. The maximum Gasteiger partial charge on any atom is 0.573 e. The molecule has 2 amide bonds. The van der Waals surface area contributed by atoms with Crippen LogP contribution in [-0.2, 0) is 24.2 Å². The summed E-state index contributed by atoms with van der Waals surface area (Å²) in [6.07, 6.45) is -2.20. The number of nitrogens with zero attached hydrogens (tertiary/aromatic N) is 6. The van der Waals surface area contributed by atoms with Crippen molar-refractivity contribution >= 4 is 23.2 Å². The molecule has 44 heavy (non-hydrogen) atoms. The van der Waals surface area contributed by atoms with Crippen LogP contribution in [0.3, 0.4) is 0 Å². The molecule has 1 unspecified atom stereocenters. The smallest absolute Gasteiger partial charge is 0.406 e. The van der Waals surface area contributed by atoms with Gasteiger partial charge >= 0.3 is 6.36 Å². The molecule has 3 heterocycles. The van der Waals surface area contributed by atoms with Crippen LogP contribution in [0.4, 0.5) is 13.2 Å². The zero-order chi connectivity index (χ0) is 31.9. The topological polar surface area (TPSA) is 157 Å². The largest absolute Gasteiger partial charge is 0.573 e. The van der Waals surface area contributed by atoms with E-state index >= 15 is 0 Å². The molecule has 1 aromatic carbocycles. The van der Waals surface area contributed by atoms with Crippen LogP contribution < -0.4 is 15.4 Å². The molecule has 4 rings (SSSR count). The zero-order valence-corrected chi connectivity index (χ0v) is 25.3. The average Bonchev–Trinajstić information content (AvgIpc) is 3.57. The van der Waals surface area contributed by atoms with Crippen molar-refractivity contribution < 1.29 is 37.3 Å². The standard InChI is InChI=1S/C27H35F3N8O5S/c1-26(2,3)43-25(41)37-14-18(15-37)13-32-23(40)24-35-34-21(44-24)9-4-5-10-38-16-20(33-36-38)22(39)31-12-17-7-6-8-19(11-17)42-27(28,29)30/h6-8,11,16,18,25,41H,4-5,9-10,12-15H2,1-3H3,(H,31,39)(H,32,40).